The molecule has 2 rings (SSSR count). The summed E-state index contributed by atoms with van der Waals surface area (Å²) in [4.78, 5) is 150. The predicted octanol–water partition coefficient (Wildman–Crippen LogP) is -8.75. The van der Waals surface area contributed by atoms with Crippen molar-refractivity contribution in [3.05, 3.63) is 30.0 Å². The molecular weight excluding hydrogens is 1140 g/mol. The summed E-state index contributed by atoms with van der Waals surface area (Å²) in [5, 5.41) is 43.5. The highest BCUT2D eigenvalue weighted by Gasteiger charge is 2.40. The number of unbranched alkanes of at least 4 members (excludes halogenated alkanes) is 4. The molecule has 34 nitrogen and oxygen atoms in total. The van der Waals surface area contributed by atoms with Crippen LogP contribution in [-0.4, -0.2) is 217 Å². The van der Waals surface area contributed by atoms with Crippen LogP contribution in [0.3, 0.4) is 0 Å². The molecule has 87 heavy (non-hydrogen) atoms. The number of carbonyl (C=O) groups excluding carboxylic acids is 10. The van der Waals surface area contributed by atoms with Crippen LogP contribution in [0.25, 0.3) is 0 Å². The minimum Gasteiger partial charge on any atom is -0.394 e. The fraction of sp³-hybridized carbons (Fsp3) is 0.698. The van der Waals surface area contributed by atoms with Gasteiger partial charge in [-0.2, -0.15) is 0 Å². The normalized spacial score (nSPS) is 15.9. The SMILES string of the molecule is NCCCCNC(=O)[C@H](CCCCN)NC(=O)/C(=C/CCN=C(N)N)NC(=O)[C@H](CCCCN)NC(=O)C(Cc1cnc[nH]1)NC(=O)[C@@H]1CCCN1C(=O)[C@@H](CCCN)NC(=O)CNC(=O)[C@H](CO)NC(=O)[C@@H](NC(=O)C(N)CCCCN)[C@@H](O)CN. The van der Waals surface area contributed by atoms with Gasteiger partial charge in [0.2, 0.25) is 53.2 Å². The lowest BCUT2D eigenvalue weighted by Gasteiger charge is -2.30. The second-order valence-corrected chi connectivity index (χ2v) is 20.9. The molecule has 0 radical (unpaired) electrons. The van der Waals surface area contributed by atoms with E-state index in [4.69, 9.17) is 51.6 Å². The van der Waals surface area contributed by atoms with Crippen LogP contribution in [0.15, 0.2) is 29.3 Å². The Hall–Kier alpha value is -7.44. The number of nitrogens with zero attached hydrogens (tertiary/aromatic N) is 3. The van der Waals surface area contributed by atoms with Crippen LogP contribution in [0.1, 0.15) is 108 Å². The zero-order valence-electron chi connectivity index (χ0n) is 49.7. The van der Waals surface area contributed by atoms with Gasteiger partial charge in [-0.1, -0.05) is 12.5 Å². The number of H-pyrrole nitrogens is 1. The van der Waals surface area contributed by atoms with Crippen LogP contribution in [0.2, 0.25) is 0 Å². The van der Waals surface area contributed by atoms with Gasteiger partial charge < -0.3 is 120 Å². The molecule has 1 aliphatic heterocycles. The Labute approximate surface area is 506 Å². The van der Waals surface area contributed by atoms with Gasteiger partial charge in [0.25, 0.3) is 5.91 Å². The van der Waals surface area contributed by atoms with Crippen molar-refractivity contribution in [2.24, 2.45) is 56.6 Å². The van der Waals surface area contributed by atoms with Crippen LogP contribution in [0.5, 0.6) is 0 Å². The molecule has 492 valence electrons. The number of hydrogen-bond donors (Lipinski definition) is 21. The number of nitrogens with two attached hydrogens (primary N) is 9. The van der Waals surface area contributed by atoms with Crippen molar-refractivity contribution >= 4 is 65.0 Å². The predicted molar refractivity (Wildman–Crippen MR) is 322 cm³/mol. The largest absolute Gasteiger partial charge is 0.394 e. The van der Waals surface area contributed by atoms with Gasteiger partial charge in [0.1, 0.15) is 48.0 Å². The number of nitrogens with one attached hydrogen (secondary N) is 10. The number of guanidine groups is 1. The van der Waals surface area contributed by atoms with Crippen molar-refractivity contribution in [2.75, 3.05) is 72.1 Å². The van der Waals surface area contributed by atoms with Crippen molar-refractivity contribution in [2.45, 2.75) is 164 Å². The fourth-order valence-electron chi connectivity index (χ4n) is 9.00. The topological polar surface area (TPSA) is 598 Å². The van der Waals surface area contributed by atoms with Crippen LogP contribution in [0, 0.1) is 0 Å². The third-order valence-electron chi connectivity index (χ3n) is 13.9. The van der Waals surface area contributed by atoms with E-state index >= 15 is 0 Å². The van der Waals surface area contributed by atoms with E-state index in [1.165, 1.54) is 23.5 Å². The van der Waals surface area contributed by atoms with E-state index in [-0.39, 0.29) is 89.2 Å². The first-order valence-electron chi connectivity index (χ1n) is 29.7. The molecule has 2 unspecified atom stereocenters. The molecule has 30 N–H and O–H groups in total. The van der Waals surface area contributed by atoms with Crippen molar-refractivity contribution < 1.29 is 58.2 Å². The molecule has 10 amide bonds. The Morgan fingerprint density at radius 3 is 1.86 bits per heavy atom. The van der Waals surface area contributed by atoms with Gasteiger partial charge >= 0.3 is 0 Å². The highest BCUT2D eigenvalue weighted by atomic mass is 16.3. The Morgan fingerprint density at radius 1 is 0.667 bits per heavy atom. The van der Waals surface area contributed by atoms with Crippen LogP contribution in [0.4, 0.5) is 0 Å². The summed E-state index contributed by atoms with van der Waals surface area (Å²) in [5.41, 5.74) is 51.1. The Morgan fingerprint density at radius 2 is 1.26 bits per heavy atom. The molecule has 9 atom stereocenters. The van der Waals surface area contributed by atoms with Crippen molar-refractivity contribution in [1.82, 2.24) is 62.7 Å². The number of amides is 10. The maximum Gasteiger partial charge on any atom is 0.268 e. The minimum absolute atomic E-state index is 0.00391. The van der Waals surface area contributed by atoms with E-state index in [0.29, 0.717) is 89.7 Å². The molecule has 34 heteroatoms. The summed E-state index contributed by atoms with van der Waals surface area (Å²) in [6.45, 7) is -0.338. The molecule has 1 fully saturated rings. The number of aromatic amines is 1. The summed E-state index contributed by atoms with van der Waals surface area (Å²) in [6.07, 6.45) is 7.81. The van der Waals surface area contributed by atoms with Gasteiger partial charge in [0.05, 0.1) is 31.6 Å². The summed E-state index contributed by atoms with van der Waals surface area (Å²) in [6, 6.07) is -10.6. The van der Waals surface area contributed by atoms with Crippen LogP contribution in [-0.2, 0) is 54.4 Å². The van der Waals surface area contributed by atoms with Gasteiger partial charge in [-0.25, -0.2) is 4.98 Å². The first kappa shape index (κ1) is 75.7. The van der Waals surface area contributed by atoms with Gasteiger partial charge in [-0.3, -0.25) is 52.9 Å². The molecule has 2 heterocycles. The summed E-state index contributed by atoms with van der Waals surface area (Å²) in [7, 11) is 0. The zero-order valence-corrected chi connectivity index (χ0v) is 49.7. The number of carbonyl (C=O) groups is 10. The number of rotatable bonds is 45. The Balaban J connectivity index is 2.35. The summed E-state index contributed by atoms with van der Waals surface area (Å²) in [5.74, 6) is -8.42. The van der Waals surface area contributed by atoms with Crippen LogP contribution < -0.4 is 99.5 Å². The average Bonchev–Trinajstić information content (AvgIpc) is 3.41. The maximum absolute atomic E-state index is 14.5. The van der Waals surface area contributed by atoms with E-state index in [0.717, 1.165) is 0 Å². The second-order valence-electron chi connectivity index (χ2n) is 20.9. The van der Waals surface area contributed by atoms with Gasteiger partial charge in [-0.05, 0) is 129 Å². The lowest BCUT2D eigenvalue weighted by molar-refractivity contribution is -0.142. The first-order chi connectivity index (χ1) is 41.7. The van der Waals surface area contributed by atoms with E-state index in [1.807, 2.05) is 0 Å². The van der Waals surface area contributed by atoms with Gasteiger partial charge in [0, 0.05) is 44.5 Å². The second kappa shape index (κ2) is 43.2. The molecule has 1 aromatic rings. The Bertz CT molecular complexity index is 2360. The molecule has 0 spiro atoms. The standard InChI is InChI=1S/C53H98N22O12/c54-18-4-1-12-33(60)44(79)74-43(41(77)27-59)51(86)73-39(30-76)46(81)66-29-42(78)68-37(15-9-22-58)52(87)75-25-11-17-40(75)50(85)72-38(26-32-28-63-31-67-32)49(84)71-35(14-3-6-20-56)47(82)70-36(16-10-24-65-53(61)62)48(83)69-34(13-2-5-19-55)45(80)64-23-8-7-21-57/h16,28,31,33-35,37-41,43,76-77H,1-15,17-27,29-30,54-60H2,(H,63,67)(H,64,80)(H,66,81)(H,68,78)(H,69,83)(H,70,82)(H,71,84)(H,72,85)(H,73,86)(H,74,79)(H4,61,62,65)/b36-16-/t33?,34-,35-,37+,38?,39-,40-,41-,43-/m0/s1. The molecular formula is C53H98N22O12. The number of hydrogen-bond acceptors (Lipinski definition) is 21. The lowest BCUT2D eigenvalue weighted by Crippen LogP contribution is -2.61. The summed E-state index contributed by atoms with van der Waals surface area (Å²) < 4.78 is 0. The monoisotopic (exact) mass is 1230 g/mol. The van der Waals surface area contributed by atoms with Gasteiger partial charge in [0.15, 0.2) is 5.96 Å². The maximum atomic E-state index is 14.5. The third-order valence-corrected chi connectivity index (χ3v) is 13.9. The molecule has 1 aliphatic rings. The lowest BCUT2D eigenvalue weighted by atomic mass is 10.0. The average molecular weight is 1240 g/mol. The molecule has 0 bridgehead atoms. The smallest absolute Gasteiger partial charge is 0.268 e. The fourth-order valence-corrected chi connectivity index (χ4v) is 9.00. The quantitative estimate of drug-likeness (QED) is 0.0125. The number of imidazole rings is 1. The van der Waals surface area contributed by atoms with Gasteiger partial charge in [-0.15, -0.1) is 0 Å². The van der Waals surface area contributed by atoms with Crippen molar-refractivity contribution in [1.29, 1.82) is 0 Å². The zero-order chi connectivity index (χ0) is 64.7. The van der Waals surface area contributed by atoms with E-state index in [1.54, 1.807) is 0 Å². The molecule has 0 aliphatic carbocycles. The van der Waals surface area contributed by atoms with E-state index < -0.39 is 133 Å². The molecule has 0 saturated carbocycles. The molecule has 0 aromatic carbocycles. The third kappa shape index (κ3) is 28.7. The number of likely N-dealkylation sites (tertiary alicyclic amines) is 1. The highest BCUT2D eigenvalue weighted by molar-refractivity contribution is 6.02. The van der Waals surface area contributed by atoms with Crippen molar-refractivity contribution in [3.8, 4) is 0 Å². The number of aliphatic imine (C=N–C) groups is 1. The molecule has 1 saturated heterocycles. The minimum atomic E-state index is -1.69. The highest BCUT2D eigenvalue weighted by Crippen LogP contribution is 2.21. The number of aromatic nitrogens is 2. The van der Waals surface area contributed by atoms with Crippen molar-refractivity contribution in [3.63, 3.8) is 0 Å². The van der Waals surface area contributed by atoms with Crippen LogP contribution >= 0.6 is 0 Å². The molecule has 1 aromatic heterocycles. The summed E-state index contributed by atoms with van der Waals surface area (Å²) >= 11 is 0. The Kier molecular flexibility index (Phi) is 37.6. The van der Waals surface area contributed by atoms with E-state index in [9.17, 15) is 58.2 Å². The van der Waals surface area contributed by atoms with E-state index in [2.05, 4.69) is 62.8 Å². The number of aliphatic hydroxyl groups excluding tert-OH is 2. The number of aliphatic hydroxyl groups is 2. The first-order valence-corrected chi connectivity index (χ1v) is 29.7.